The molecule has 0 N–H and O–H groups in total. The highest BCUT2D eigenvalue weighted by molar-refractivity contribution is 6.73. The fraction of sp³-hybridized carbons (Fsp3) is 0.762. The number of allylic oxidation sites excluding steroid dienone is 2. The summed E-state index contributed by atoms with van der Waals surface area (Å²) in [5.74, 6) is 3.37. The first kappa shape index (κ1) is 23.1. The molecule has 0 aromatic heterocycles. The minimum atomic E-state index is -1.70. The molecule has 0 fully saturated rings. The number of hydrogen-bond donors (Lipinski definition) is 0. The van der Waals surface area contributed by atoms with Crippen LogP contribution in [0.1, 0.15) is 74.1 Å². The quantitative estimate of drug-likeness (QED) is 0.240. The molecule has 1 unspecified atom stereocenters. The Bertz CT molecular complexity index is 447. The first-order valence-electron chi connectivity index (χ1n) is 9.53. The molecule has 0 aliphatic carbocycles. The fourth-order valence-corrected chi connectivity index (χ4v) is 5.95. The van der Waals surface area contributed by atoms with Crippen LogP contribution in [0.2, 0.25) is 18.1 Å². The summed E-state index contributed by atoms with van der Waals surface area (Å²) < 4.78 is 6.55. The van der Waals surface area contributed by atoms with Gasteiger partial charge in [0, 0.05) is 12.3 Å². The second kappa shape index (κ2) is 10.9. The smallest absolute Gasteiger partial charge is 0.194 e. The van der Waals surface area contributed by atoms with Crippen LogP contribution in [-0.4, -0.2) is 19.7 Å². The van der Waals surface area contributed by atoms with E-state index >= 15 is 0 Å². The first-order valence-corrected chi connectivity index (χ1v) is 12.1. The molecule has 1 atom stereocenters. The van der Waals surface area contributed by atoms with E-state index in [0.717, 1.165) is 37.4 Å². The van der Waals surface area contributed by atoms with Gasteiger partial charge in [0.25, 0.3) is 0 Å². The van der Waals surface area contributed by atoms with Gasteiger partial charge in [-0.25, -0.2) is 0 Å². The Kier molecular flexibility index (Phi) is 10.5. The number of terminal acetylenes is 1. The average Bonchev–Trinajstić information content (AvgIpc) is 2.57. The van der Waals surface area contributed by atoms with Gasteiger partial charge in [-0.2, -0.15) is 0 Å². The van der Waals surface area contributed by atoms with Gasteiger partial charge in [-0.15, -0.1) is 6.42 Å². The molecule has 0 aliphatic rings. The van der Waals surface area contributed by atoms with E-state index in [4.69, 9.17) is 10.8 Å². The number of rotatable bonds is 12. The second-order valence-corrected chi connectivity index (χ2v) is 12.1. The van der Waals surface area contributed by atoms with E-state index in [-0.39, 0.29) is 5.92 Å². The normalized spacial score (nSPS) is 15.2. The van der Waals surface area contributed by atoms with Crippen molar-refractivity contribution in [3.05, 3.63) is 11.6 Å². The van der Waals surface area contributed by atoms with E-state index in [2.05, 4.69) is 46.6 Å². The van der Waals surface area contributed by atoms with Crippen LogP contribution < -0.4 is 0 Å². The van der Waals surface area contributed by atoms with Crippen molar-refractivity contribution in [2.24, 2.45) is 5.92 Å². The standard InChI is InChI=1S/C21H38O2Si/c1-9-21(8,23-24(10-2,11-3)12-4)17-13-14-19(7)15-16-20(22)18(5)6/h1,14,18H,10-13,15-17H2,2-8H3/b19-14+. The zero-order valence-electron chi connectivity index (χ0n) is 17.0. The summed E-state index contributed by atoms with van der Waals surface area (Å²) in [6, 6.07) is 3.34. The summed E-state index contributed by atoms with van der Waals surface area (Å²) in [6.45, 7) is 14.8. The summed E-state index contributed by atoms with van der Waals surface area (Å²) in [4.78, 5) is 11.7. The summed E-state index contributed by atoms with van der Waals surface area (Å²) in [6.07, 6.45) is 11.3. The van der Waals surface area contributed by atoms with Gasteiger partial charge >= 0.3 is 0 Å². The highest BCUT2D eigenvalue weighted by Gasteiger charge is 2.36. The van der Waals surface area contributed by atoms with Gasteiger partial charge < -0.3 is 4.43 Å². The van der Waals surface area contributed by atoms with Gasteiger partial charge in [0.05, 0.1) is 0 Å². The third-order valence-corrected chi connectivity index (χ3v) is 9.95. The summed E-state index contributed by atoms with van der Waals surface area (Å²) in [7, 11) is -1.70. The Morgan fingerprint density at radius 3 is 2.17 bits per heavy atom. The number of hydrogen-bond acceptors (Lipinski definition) is 2. The lowest BCUT2D eigenvalue weighted by Gasteiger charge is -2.37. The molecular formula is C21H38O2Si. The van der Waals surface area contributed by atoms with Gasteiger partial charge in [-0.3, -0.25) is 4.79 Å². The van der Waals surface area contributed by atoms with Crippen molar-refractivity contribution in [3.63, 3.8) is 0 Å². The first-order chi connectivity index (χ1) is 11.2. The zero-order chi connectivity index (χ0) is 18.8. The van der Waals surface area contributed by atoms with Crippen LogP contribution in [0.25, 0.3) is 0 Å². The molecule has 0 rings (SSSR count). The number of ketones is 1. The van der Waals surface area contributed by atoms with Crippen LogP contribution in [0.15, 0.2) is 11.6 Å². The minimum Gasteiger partial charge on any atom is -0.401 e. The van der Waals surface area contributed by atoms with Crippen LogP contribution in [0, 0.1) is 18.3 Å². The molecule has 0 aromatic rings. The molecule has 24 heavy (non-hydrogen) atoms. The third-order valence-electron chi connectivity index (χ3n) is 5.20. The van der Waals surface area contributed by atoms with E-state index in [1.165, 1.54) is 5.57 Å². The van der Waals surface area contributed by atoms with Crippen molar-refractivity contribution in [3.8, 4) is 12.3 Å². The van der Waals surface area contributed by atoms with Gasteiger partial charge in [0.15, 0.2) is 8.32 Å². The van der Waals surface area contributed by atoms with Crippen molar-refractivity contribution >= 4 is 14.1 Å². The SMILES string of the molecule is C#CC(C)(CC/C=C(\C)CCC(=O)C(C)C)O[Si](CC)(CC)CC. The number of Topliss-reactive ketones (excluding diaryl/α,β-unsaturated/α-hetero) is 1. The minimum absolute atomic E-state index is 0.131. The van der Waals surface area contributed by atoms with Gasteiger partial charge in [-0.05, 0) is 51.2 Å². The summed E-state index contributed by atoms with van der Waals surface area (Å²) in [5.41, 5.74) is 0.798. The molecule has 0 aromatic carbocycles. The van der Waals surface area contributed by atoms with E-state index in [9.17, 15) is 4.79 Å². The molecule has 0 aliphatic heterocycles. The van der Waals surface area contributed by atoms with Crippen LogP contribution in [-0.2, 0) is 9.22 Å². The maximum absolute atomic E-state index is 11.7. The lowest BCUT2D eigenvalue weighted by Crippen LogP contribution is -2.45. The Labute approximate surface area is 151 Å². The van der Waals surface area contributed by atoms with E-state index in [1.807, 2.05) is 13.8 Å². The predicted octanol–water partition coefficient (Wildman–Crippen LogP) is 6.13. The van der Waals surface area contributed by atoms with Crippen LogP contribution >= 0.6 is 0 Å². The van der Waals surface area contributed by atoms with Crippen molar-refractivity contribution in [1.82, 2.24) is 0 Å². The van der Waals surface area contributed by atoms with Crippen molar-refractivity contribution in [2.45, 2.75) is 97.9 Å². The second-order valence-electron chi connectivity index (χ2n) is 7.43. The predicted molar refractivity (Wildman–Crippen MR) is 108 cm³/mol. The summed E-state index contributed by atoms with van der Waals surface area (Å²) in [5, 5.41) is 0. The Morgan fingerprint density at radius 1 is 1.21 bits per heavy atom. The maximum Gasteiger partial charge on any atom is 0.194 e. The highest BCUT2D eigenvalue weighted by atomic mass is 28.4. The molecule has 0 spiro atoms. The Hall–Kier alpha value is -0.853. The van der Waals surface area contributed by atoms with Crippen LogP contribution in [0.5, 0.6) is 0 Å². The third kappa shape index (κ3) is 7.81. The Morgan fingerprint density at radius 2 is 1.75 bits per heavy atom. The van der Waals surface area contributed by atoms with Crippen molar-refractivity contribution in [1.29, 1.82) is 0 Å². The molecule has 0 bridgehead atoms. The molecule has 0 saturated heterocycles. The van der Waals surface area contributed by atoms with Gasteiger partial charge in [0.1, 0.15) is 11.4 Å². The fourth-order valence-electron chi connectivity index (χ4n) is 2.90. The molecule has 0 radical (unpaired) electrons. The van der Waals surface area contributed by atoms with Gasteiger partial charge in [0.2, 0.25) is 0 Å². The topological polar surface area (TPSA) is 26.3 Å². The lowest BCUT2D eigenvalue weighted by molar-refractivity contribution is -0.121. The molecule has 3 heteroatoms. The Balaban J connectivity index is 4.65. The molecule has 0 amide bonds. The van der Waals surface area contributed by atoms with Crippen molar-refractivity contribution in [2.75, 3.05) is 0 Å². The monoisotopic (exact) mass is 350 g/mol. The van der Waals surface area contributed by atoms with E-state index in [0.29, 0.717) is 12.2 Å². The lowest BCUT2D eigenvalue weighted by atomic mass is 9.98. The molecule has 0 heterocycles. The zero-order valence-corrected chi connectivity index (χ0v) is 18.0. The molecular weight excluding hydrogens is 312 g/mol. The van der Waals surface area contributed by atoms with Crippen LogP contribution in [0.3, 0.4) is 0 Å². The largest absolute Gasteiger partial charge is 0.401 e. The molecule has 138 valence electrons. The molecule has 2 nitrogen and oxygen atoms in total. The van der Waals surface area contributed by atoms with Crippen LogP contribution in [0.4, 0.5) is 0 Å². The maximum atomic E-state index is 11.7. The van der Waals surface area contributed by atoms with Crippen molar-refractivity contribution < 1.29 is 9.22 Å². The van der Waals surface area contributed by atoms with Gasteiger partial charge in [-0.1, -0.05) is 52.2 Å². The van der Waals surface area contributed by atoms with E-state index < -0.39 is 13.9 Å². The number of carbonyl (C=O) groups is 1. The number of carbonyl (C=O) groups excluding carboxylic acids is 1. The van der Waals surface area contributed by atoms with E-state index in [1.54, 1.807) is 0 Å². The summed E-state index contributed by atoms with van der Waals surface area (Å²) >= 11 is 0. The average molecular weight is 351 g/mol. The highest BCUT2D eigenvalue weighted by Crippen LogP contribution is 2.30. The molecule has 0 saturated carbocycles.